The molecule has 1 atom stereocenters. The van der Waals surface area contributed by atoms with Crippen molar-refractivity contribution in [2.45, 2.75) is 17.9 Å². The summed E-state index contributed by atoms with van der Waals surface area (Å²) < 4.78 is 22.4. The number of anilines is 2. The van der Waals surface area contributed by atoms with Gasteiger partial charge in [-0.2, -0.15) is 5.21 Å². The molecule has 1 heterocycles. The first-order chi connectivity index (χ1) is 8.88. The van der Waals surface area contributed by atoms with E-state index in [4.69, 9.17) is 10.9 Å². The molecule has 19 heavy (non-hydrogen) atoms. The molecule has 0 bridgehead atoms. The van der Waals surface area contributed by atoms with Crippen LogP contribution in [0.15, 0.2) is 23.1 Å². The summed E-state index contributed by atoms with van der Waals surface area (Å²) in [5.74, 6) is 0.481. The van der Waals surface area contributed by atoms with Gasteiger partial charge in [0.15, 0.2) is 5.82 Å². The maximum atomic E-state index is 11.2. The van der Waals surface area contributed by atoms with Crippen molar-refractivity contribution in [3.63, 3.8) is 0 Å². The lowest BCUT2D eigenvalue weighted by molar-refractivity contribution is 0.598. The Labute approximate surface area is 109 Å². The Morgan fingerprint density at radius 3 is 2.68 bits per heavy atom. The van der Waals surface area contributed by atoms with E-state index in [0.29, 0.717) is 11.5 Å². The number of aromatic nitrogens is 4. The molecule has 1 aromatic heterocycles. The Morgan fingerprint density at radius 2 is 2.16 bits per heavy atom. The number of hydrogen-bond acceptors (Lipinski definition) is 7. The lowest BCUT2D eigenvalue weighted by atomic mass is 10.2. The molecule has 0 saturated carbocycles. The molecule has 0 saturated heterocycles. The lowest BCUT2D eigenvalue weighted by Gasteiger charge is -2.13. The summed E-state index contributed by atoms with van der Waals surface area (Å²) in [7, 11) is -3.81. The highest BCUT2D eigenvalue weighted by Gasteiger charge is 2.14. The number of tetrazole rings is 1. The van der Waals surface area contributed by atoms with Gasteiger partial charge < -0.3 is 11.1 Å². The average molecular weight is 283 g/mol. The number of nitrogens with one attached hydrogen (secondary N) is 2. The summed E-state index contributed by atoms with van der Waals surface area (Å²) >= 11 is 0. The fourth-order valence-electron chi connectivity index (χ4n) is 1.56. The third-order valence-corrected chi connectivity index (χ3v) is 3.43. The third kappa shape index (κ3) is 2.98. The number of nitrogens with two attached hydrogens (primary N) is 2. The summed E-state index contributed by atoms with van der Waals surface area (Å²) in [6.45, 7) is 1.83. The molecule has 0 amide bonds. The average Bonchev–Trinajstić information content (AvgIpc) is 2.80. The highest BCUT2D eigenvalue weighted by atomic mass is 32.2. The van der Waals surface area contributed by atoms with Gasteiger partial charge in [-0.05, 0) is 25.1 Å². The van der Waals surface area contributed by atoms with Crippen molar-refractivity contribution in [2.24, 2.45) is 5.14 Å². The van der Waals surface area contributed by atoms with Gasteiger partial charge in [0.2, 0.25) is 10.0 Å². The van der Waals surface area contributed by atoms with E-state index in [9.17, 15) is 8.42 Å². The molecule has 1 unspecified atom stereocenters. The van der Waals surface area contributed by atoms with Gasteiger partial charge in [-0.15, -0.1) is 10.2 Å². The number of primary sulfonamides is 1. The number of nitrogens with zero attached hydrogens (tertiary/aromatic N) is 3. The van der Waals surface area contributed by atoms with Crippen LogP contribution in [0.3, 0.4) is 0 Å². The molecule has 0 aliphatic heterocycles. The third-order valence-electron chi connectivity index (χ3n) is 2.45. The molecule has 2 rings (SSSR count). The molecule has 0 aliphatic rings. The normalized spacial score (nSPS) is 13.2. The summed E-state index contributed by atoms with van der Waals surface area (Å²) in [4.78, 5) is -0.106. The van der Waals surface area contributed by atoms with Crippen molar-refractivity contribution < 1.29 is 8.42 Å². The van der Waals surface area contributed by atoms with Crippen LogP contribution in [-0.4, -0.2) is 29.0 Å². The van der Waals surface area contributed by atoms with Crippen LogP contribution in [0.4, 0.5) is 11.4 Å². The van der Waals surface area contributed by atoms with Gasteiger partial charge in [0.1, 0.15) is 4.90 Å². The number of sulfonamides is 1. The maximum Gasteiger partial charge on any atom is 0.240 e. The molecule has 102 valence electrons. The van der Waals surface area contributed by atoms with Crippen LogP contribution < -0.4 is 16.2 Å². The van der Waals surface area contributed by atoms with Crippen molar-refractivity contribution in [1.29, 1.82) is 0 Å². The minimum absolute atomic E-state index is 0.0767. The molecular formula is C9H13N7O2S. The number of hydrogen-bond donors (Lipinski definition) is 4. The molecule has 1 aromatic carbocycles. The number of rotatable bonds is 4. The Balaban J connectivity index is 2.22. The van der Waals surface area contributed by atoms with Gasteiger partial charge in [0, 0.05) is 5.69 Å². The van der Waals surface area contributed by atoms with E-state index >= 15 is 0 Å². The van der Waals surface area contributed by atoms with Crippen LogP contribution in [0.25, 0.3) is 0 Å². The molecule has 2 aromatic rings. The lowest BCUT2D eigenvalue weighted by Crippen LogP contribution is -2.15. The second-order valence-corrected chi connectivity index (χ2v) is 5.46. The smallest absolute Gasteiger partial charge is 0.240 e. The van der Waals surface area contributed by atoms with Crippen molar-refractivity contribution in [1.82, 2.24) is 20.6 Å². The Bertz CT molecular complexity index is 668. The van der Waals surface area contributed by atoms with Gasteiger partial charge in [0.05, 0.1) is 11.7 Å². The number of aromatic amines is 1. The largest absolute Gasteiger partial charge is 0.398 e. The zero-order valence-electron chi connectivity index (χ0n) is 10.0. The first-order valence-corrected chi connectivity index (χ1v) is 6.85. The molecule has 9 nitrogen and oxygen atoms in total. The number of nitrogen functional groups attached to an aromatic ring is 1. The Hall–Kier alpha value is -2.20. The Kier molecular flexibility index (Phi) is 3.36. The second-order valence-electron chi connectivity index (χ2n) is 3.93. The number of benzene rings is 1. The molecule has 0 aliphatic carbocycles. The van der Waals surface area contributed by atoms with Crippen molar-refractivity contribution >= 4 is 21.4 Å². The van der Waals surface area contributed by atoms with E-state index in [0.717, 1.165) is 0 Å². The van der Waals surface area contributed by atoms with Gasteiger partial charge in [0.25, 0.3) is 0 Å². The van der Waals surface area contributed by atoms with Crippen LogP contribution in [0, 0.1) is 0 Å². The molecular weight excluding hydrogens is 270 g/mol. The van der Waals surface area contributed by atoms with Crippen LogP contribution in [0.5, 0.6) is 0 Å². The van der Waals surface area contributed by atoms with Crippen molar-refractivity contribution in [2.75, 3.05) is 11.1 Å². The van der Waals surface area contributed by atoms with E-state index in [1.807, 2.05) is 6.92 Å². The van der Waals surface area contributed by atoms with Crippen LogP contribution in [0.2, 0.25) is 0 Å². The summed E-state index contributed by atoms with van der Waals surface area (Å²) in [6.07, 6.45) is 0. The molecule has 0 fully saturated rings. The Morgan fingerprint density at radius 1 is 1.42 bits per heavy atom. The SMILES string of the molecule is CC(Nc1ccc(S(N)(=O)=O)c(N)c1)c1nn[nH]n1. The first-order valence-electron chi connectivity index (χ1n) is 5.30. The molecule has 0 spiro atoms. The predicted octanol–water partition coefficient (Wildman–Crippen LogP) is -0.398. The van der Waals surface area contributed by atoms with E-state index in [1.54, 1.807) is 6.07 Å². The standard InChI is InChI=1S/C9H13N7O2S/c1-5(9-13-15-16-14-9)12-6-2-3-8(7(10)4-6)19(11,17)18/h2-5,12H,10H2,1H3,(H2,11,17,18)(H,13,14,15,16). The van der Waals surface area contributed by atoms with Crippen LogP contribution >= 0.6 is 0 Å². The highest BCUT2D eigenvalue weighted by molar-refractivity contribution is 7.89. The first kappa shape index (κ1) is 13.2. The predicted molar refractivity (Wildman–Crippen MR) is 68.4 cm³/mol. The van der Waals surface area contributed by atoms with E-state index < -0.39 is 10.0 Å². The van der Waals surface area contributed by atoms with Crippen LogP contribution in [-0.2, 0) is 10.0 Å². The van der Waals surface area contributed by atoms with Gasteiger partial charge in [-0.25, -0.2) is 13.6 Å². The van der Waals surface area contributed by atoms with Crippen molar-refractivity contribution in [3.05, 3.63) is 24.0 Å². The fraction of sp³-hybridized carbons (Fsp3) is 0.222. The van der Waals surface area contributed by atoms with Gasteiger partial charge in [-0.3, -0.25) is 0 Å². The minimum Gasteiger partial charge on any atom is -0.398 e. The minimum atomic E-state index is -3.81. The molecule has 10 heteroatoms. The van der Waals surface area contributed by atoms with Crippen molar-refractivity contribution in [3.8, 4) is 0 Å². The van der Waals surface area contributed by atoms with E-state index in [-0.39, 0.29) is 16.6 Å². The van der Waals surface area contributed by atoms with Gasteiger partial charge >= 0.3 is 0 Å². The molecule has 6 N–H and O–H groups in total. The summed E-state index contributed by atoms with van der Waals surface area (Å²) in [5.41, 5.74) is 6.36. The van der Waals surface area contributed by atoms with Gasteiger partial charge in [-0.1, -0.05) is 5.21 Å². The maximum absolute atomic E-state index is 11.2. The topological polar surface area (TPSA) is 153 Å². The number of H-pyrrole nitrogens is 1. The van der Waals surface area contributed by atoms with E-state index in [2.05, 4.69) is 25.9 Å². The second kappa shape index (κ2) is 4.82. The van der Waals surface area contributed by atoms with E-state index in [1.165, 1.54) is 12.1 Å². The summed E-state index contributed by atoms with van der Waals surface area (Å²) in [5, 5.41) is 21.6. The zero-order valence-corrected chi connectivity index (χ0v) is 10.8. The quantitative estimate of drug-likeness (QED) is 0.557. The van der Waals surface area contributed by atoms with Crippen LogP contribution in [0.1, 0.15) is 18.8 Å². The monoisotopic (exact) mass is 283 g/mol. The molecule has 0 radical (unpaired) electrons. The summed E-state index contributed by atoms with van der Waals surface area (Å²) in [6, 6.07) is 4.18. The highest BCUT2D eigenvalue weighted by Crippen LogP contribution is 2.23. The fourth-order valence-corrected chi connectivity index (χ4v) is 2.21. The zero-order chi connectivity index (χ0) is 14.0.